The molecule has 6 heteroatoms. The lowest BCUT2D eigenvalue weighted by Gasteiger charge is -2.09. The normalized spacial score (nSPS) is 9.80. The van der Waals surface area contributed by atoms with Gasteiger partial charge >= 0.3 is 0 Å². The summed E-state index contributed by atoms with van der Waals surface area (Å²) in [6.45, 7) is 2.01. The highest BCUT2D eigenvalue weighted by atomic mass is 35.5. The average molecular weight is 362 g/mol. The van der Waals surface area contributed by atoms with Gasteiger partial charge in [-0.25, -0.2) is 0 Å². The first-order valence-electron chi connectivity index (χ1n) is 8.07. The molecule has 2 amide bonds. The molecular formula is C19H24ClN3O2. The lowest BCUT2D eigenvalue weighted by Crippen LogP contribution is -2.33. The van der Waals surface area contributed by atoms with Crippen LogP contribution in [0.1, 0.15) is 24.5 Å². The second kappa shape index (κ2) is 10.4. The van der Waals surface area contributed by atoms with E-state index in [0.717, 1.165) is 23.2 Å². The molecule has 25 heavy (non-hydrogen) atoms. The number of hydrogen-bond donors (Lipinski definition) is 3. The Bertz CT molecular complexity index is 719. The van der Waals surface area contributed by atoms with Crippen LogP contribution in [-0.4, -0.2) is 18.4 Å². The van der Waals surface area contributed by atoms with Crippen molar-refractivity contribution >= 4 is 35.6 Å². The number of carbonyl (C=O) groups is 2. The Kier molecular flexibility index (Phi) is 8.50. The smallest absolute Gasteiger partial charge is 0.243 e. The summed E-state index contributed by atoms with van der Waals surface area (Å²) < 4.78 is 0. The molecule has 0 aromatic heterocycles. The molecule has 0 aliphatic heterocycles. The highest BCUT2D eigenvalue weighted by Gasteiger charge is 2.07. The Morgan fingerprint density at radius 2 is 1.80 bits per heavy atom. The number of hydrogen-bond acceptors (Lipinski definition) is 3. The molecule has 0 saturated heterocycles. The summed E-state index contributed by atoms with van der Waals surface area (Å²) in [5.74, 6) is -0.411. The van der Waals surface area contributed by atoms with Crippen LogP contribution in [0.4, 0.5) is 11.4 Å². The minimum atomic E-state index is -0.240. The maximum absolute atomic E-state index is 11.9. The van der Waals surface area contributed by atoms with Crippen LogP contribution in [0.15, 0.2) is 48.5 Å². The molecule has 4 N–H and O–H groups in total. The molecule has 2 aromatic carbocycles. The zero-order valence-corrected chi connectivity index (χ0v) is 15.1. The van der Waals surface area contributed by atoms with E-state index in [4.69, 9.17) is 5.73 Å². The van der Waals surface area contributed by atoms with Gasteiger partial charge in [-0.3, -0.25) is 9.59 Å². The molecule has 0 atom stereocenters. The van der Waals surface area contributed by atoms with E-state index in [1.54, 1.807) is 0 Å². The second-order valence-corrected chi connectivity index (χ2v) is 5.58. The largest absolute Gasteiger partial charge is 0.399 e. The van der Waals surface area contributed by atoms with Crippen molar-refractivity contribution in [3.05, 3.63) is 59.7 Å². The summed E-state index contributed by atoms with van der Waals surface area (Å²) in [7, 11) is 0. The molecule has 0 spiro atoms. The molecule has 2 rings (SSSR count). The van der Waals surface area contributed by atoms with Crippen molar-refractivity contribution in [1.29, 1.82) is 0 Å². The van der Waals surface area contributed by atoms with Crippen molar-refractivity contribution in [2.24, 2.45) is 0 Å². The maximum Gasteiger partial charge on any atom is 0.243 e. The van der Waals surface area contributed by atoms with Gasteiger partial charge < -0.3 is 16.4 Å². The molecular weight excluding hydrogens is 338 g/mol. The molecule has 5 nitrogen and oxygen atoms in total. The van der Waals surface area contributed by atoms with Crippen LogP contribution >= 0.6 is 12.4 Å². The molecule has 0 fully saturated rings. The van der Waals surface area contributed by atoms with Crippen molar-refractivity contribution in [3.63, 3.8) is 0 Å². The Morgan fingerprint density at radius 1 is 1.04 bits per heavy atom. The van der Waals surface area contributed by atoms with Gasteiger partial charge in [0, 0.05) is 17.8 Å². The lowest BCUT2D eigenvalue weighted by atomic mass is 10.1. The van der Waals surface area contributed by atoms with Gasteiger partial charge in [0.1, 0.15) is 0 Å². The summed E-state index contributed by atoms with van der Waals surface area (Å²) in [5, 5.41) is 5.41. The minimum Gasteiger partial charge on any atom is -0.399 e. The highest BCUT2D eigenvalue weighted by molar-refractivity contribution is 5.94. The van der Waals surface area contributed by atoms with E-state index in [9.17, 15) is 9.59 Å². The number of aryl methyl sites for hydroxylation is 2. The van der Waals surface area contributed by atoms with Crippen LogP contribution in [0.2, 0.25) is 0 Å². The number of benzene rings is 2. The zero-order valence-electron chi connectivity index (χ0n) is 14.2. The molecule has 2 aromatic rings. The lowest BCUT2D eigenvalue weighted by molar-refractivity contribution is -0.124. The first-order chi connectivity index (χ1) is 11.6. The van der Waals surface area contributed by atoms with E-state index in [0.29, 0.717) is 18.5 Å². The number of nitrogens with two attached hydrogens (primary N) is 1. The molecule has 0 bridgehead atoms. The third kappa shape index (κ3) is 6.85. The maximum atomic E-state index is 11.9. The quantitative estimate of drug-likeness (QED) is 0.663. The number of para-hydroxylation sites is 1. The van der Waals surface area contributed by atoms with E-state index in [-0.39, 0.29) is 30.8 Å². The summed E-state index contributed by atoms with van der Waals surface area (Å²) in [4.78, 5) is 23.8. The summed E-state index contributed by atoms with van der Waals surface area (Å²) in [6.07, 6.45) is 1.76. The molecule has 0 radical (unpaired) electrons. The van der Waals surface area contributed by atoms with E-state index in [1.165, 1.54) is 0 Å². The van der Waals surface area contributed by atoms with Gasteiger partial charge in [-0.05, 0) is 42.2 Å². The number of amides is 2. The van der Waals surface area contributed by atoms with E-state index in [2.05, 4.69) is 17.6 Å². The predicted molar refractivity (Wildman–Crippen MR) is 104 cm³/mol. The summed E-state index contributed by atoms with van der Waals surface area (Å²) >= 11 is 0. The third-order valence-corrected chi connectivity index (χ3v) is 3.74. The Labute approximate surface area is 154 Å². The van der Waals surface area contributed by atoms with Gasteiger partial charge in [-0.2, -0.15) is 0 Å². The summed E-state index contributed by atoms with van der Waals surface area (Å²) in [5.41, 5.74) is 9.35. The fraction of sp³-hybridized carbons (Fsp3) is 0.263. The number of anilines is 2. The van der Waals surface area contributed by atoms with Crippen LogP contribution in [0.3, 0.4) is 0 Å². The van der Waals surface area contributed by atoms with Crippen molar-refractivity contribution < 1.29 is 9.59 Å². The van der Waals surface area contributed by atoms with Crippen molar-refractivity contribution in [3.8, 4) is 0 Å². The average Bonchev–Trinajstić information content (AvgIpc) is 2.59. The first-order valence-corrected chi connectivity index (χ1v) is 8.07. The molecule has 134 valence electrons. The number of rotatable bonds is 7. The zero-order chi connectivity index (χ0) is 17.4. The van der Waals surface area contributed by atoms with Crippen LogP contribution in [0.5, 0.6) is 0 Å². The fourth-order valence-electron chi connectivity index (χ4n) is 2.35. The first kappa shape index (κ1) is 20.5. The molecule has 0 saturated carbocycles. The van der Waals surface area contributed by atoms with Crippen molar-refractivity contribution in [2.45, 2.75) is 26.2 Å². The van der Waals surface area contributed by atoms with Crippen LogP contribution in [0.25, 0.3) is 0 Å². The number of nitrogens with one attached hydrogen (secondary N) is 2. The van der Waals surface area contributed by atoms with E-state index in [1.807, 2.05) is 48.5 Å². The Balaban J connectivity index is 0.00000312. The van der Waals surface area contributed by atoms with E-state index < -0.39 is 0 Å². The van der Waals surface area contributed by atoms with Gasteiger partial charge in [0.05, 0.1) is 6.54 Å². The monoisotopic (exact) mass is 361 g/mol. The van der Waals surface area contributed by atoms with Crippen LogP contribution in [0, 0.1) is 0 Å². The van der Waals surface area contributed by atoms with Gasteiger partial charge in [0.15, 0.2) is 0 Å². The van der Waals surface area contributed by atoms with Gasteiger partial charge in [-0.1, -0.05) is 37.3 Å². The molecule has 0 aliphatic rings. The number of halogens is 1. The van der Waals surface area contributed by atoms with Crippen molar-refractivity contribution in [1.82, 2.24) is 5.32 Å². The van der Waals surface area contributed by atoms with Crippen LogP contribution < -0.4 is 16.4 Å². The van der Waals surface area contributed by atoms with Gasteiger partial charge in [0.25, 0.3) is 0 Å². The molecule has 0 aliphatic carbocycles. The molecule has 0 heterocycles. The minimum absolute atomic E-state index is 0. The highest BCUT2D eigenvalue weighted by Crippen LogP contribution is 2.12. The third-order valence-electron chi connectivity index (χ3n) is 3.74. The molecule has 0 unspecified atom stereocenters. The number of carbonyl (C=O) groups excluding carboxylic acids is 2. The van der Waals surface area contributed by atoms with Gasteiger partial charge in [0.2, 0.25) is 11.8 Å². The van der Waals surface area contributed by atoms with Crippen molar-refractivity contribution in [2.75, 3.05) is 17.6 Å². The SMILES string of the molecule is CCc1cccc(NC(=O)CNC(=O)CCc2ccccc2N)c1.Cl. The Morgan fingerprint density at radius 3 is 2.52 bits per heavy atom. The fourth-order valence-corrected chi connectivity index (χ4v) is 2.35. The van der Waals surface area contributed by atoms with E-state index >= 15 is 0 Å². The Hall–Kier alpha value is -2.53. The topological polar surface area (TPSA) is 84.2 Å². The van der Waals surface area contributed by atoms with Gasteiger partial charge in [-0.15, -0.1) is 12.4 Å². The number of nitrogen functional groups attached to an aromatic ring is 1. The van der Waals surface area contributed by atoms with Crippen LogP contribution in [-0.2, 0) is 22.4 Å². The second-order valence-electron chi connectivity index (χ2n) is 5.58. The standard InChI is InChI=1S/C19H23N3O2.ClH/c1-2-14-6-5-8-16(12-14)22-19(24)13-21-18(23)11-10-15-7-3-4-9-17(15)20;/h3-9,12H,2,10-11,13,20H2,1H3,(H,21,23)(H,22,24);1H. The predicted octanol–water partition coefficient (Wildman–Crippen LogP) is 2.94. The summed E-state index contributed by atoms with van der Waals surface area (Å²) in [6, 6.07) is 15.1.